The molecule has 1 aliphatic heterocycles. The van der Waals surface area contributed by atoms with Crippen molar-refractivity contribution in [1.82, 2.24) is 9.88 Å². The Kier molecular flexibility index (Phi) is 6.14. The lowest BCUT2D eigenvalue weighted by atomic mass is 10.2. The number of ether oxygens (including phenoxy) is 1. The van der Waals surface area contributed by atoms with Crippen molar-refractivity contribution in [2.75, 3.05) is 18.9 Å². The second-order valence-corrected chi connectivity index (χ2v) is 7.34. The maximum Gasteiger partial charge on any atom is 0.422 e. The maximum atomic E-state index is 12.8. The summed E-state index contributed by atoms with van der Waals surface area (Å²) in [5, 5.41) is 1.12. The summed E-state index contributed by atoms with van der Waals surface area (Å²) < 4.78 is 41.1. The lowest BCUT2D eigenvalue weighted by molar-refractivity contribution is -0.154. The number of aromatic nitrogens is 1. The molecule has 2 aromatic rings. The van der Waals surface area contributed by atoms with Crippen LogP contribution in [0.1, 0.15) is 15.9 Å². The van der Waals surface area contributed by atoms with Crippen LogP contribution in [0.4, 0.5) is 18.9 Å². The predicted molar refractivity (Wildman–Crippen MR) is 103 cm³/mol. The van der Waals surface area contributed by atoms with Crippen LogP contribution in [0.25, 0.3) is 0 Å². The summed E-state index contributed by atoms with van der Waals surface area (Å²) in [6, 6.07) is 7.97. The number of halogens is 4. The molecule has 0 spiro atoms. The largest absolute Gasteiger partial charge is 0.468 e. The molecule has 5 nitrogen and oxygen atoms in total. The number of hydrogen-bond donors (Lipinski definition) is 0. The molecule has 0 N–H and O–H groups in total. The molecule has 148 valence electrons. The highest BCUT2D eigenvalue weighted by Gasteiger charge is 2.29. The number of benzene rings is 1. The van der Waals surface area contributed by atoms with E-state index in [2.05, 4.69) is 14.7 Å². The van der Waals surface area contributed by atoms with Gasteiger partial charge in [-0.25, -0.2) is 9.98 Å². The van der Waals surface area contributed by atoms with Gasteiger partial charge in [0.15, 0.2) is 11.8 Å². The van der Waals surface area contributed by atoms with Crippen molar-refractivity contribution in [3.05, 3.63) is 52.7 Å². The van der Waals surface area contributed by atoms with Crippen molar-refractivity contribution < 1.29 is 22.7 Å². The first-order valence-corrected chi connectivity index (χ1v) is 9.55. The predicted octanol–water partition coefficient (Wildman–Crippen LogP) is 4.86. The van der Waals surface area contributed by atoms with Crippen LogP contribution < -0.4 is 4.74 Å². The Morgan fingerprint density at radius 2 is 2.14 bits per heavy atom. The second-order valence-electron chi connectivity index (χ2n) is 5.87. The Morgan fingerprint density at radius 1 is 1.36 bits per heavy atom. The van der Waals surface area contributed by atoms with Gasteiger partial charge in [-0.05, 0) is 30.7 Å². The average Bonchev–Trinajstić information content (AvgIpc) is 3.11. The highest BCUT2D eigenvalue weighted by Crippen LogP contribution is 2.29. The fraction of sp³-hybridized carbons (Fsp3) is 0.278. The van der Waals surface area contributed by atoms with Gasteiger partial charge in [-0.2, -0.15) is 13.2 Å². The van der Waals surface area contributed by atoms with Gasteiger partial charge in [0.1, 0.15) is 0 Å². The molecule has 0 unspecified atom stereocenters. The first-order chi connectivity index (χ1) is 13.2. The van der Waals surface area contributed by atoms with Gasteiger partial charge in [0.2, 0.25) is 5.88 Å². The van der Waals surface area contributed by atoms with Crippen LogP contribution in [-0.2, 0) is 0 Å². The summed E-state index contributed by atoms with van der Waals surface area (Å²) in [4.78, 5) is 22.6. The minimum absolute atomic E-state index is 0.201. The van der Waals surface area contributed by atoms with E-state index in [0.29, 0.717) is 28.2 Å². The zero-order valence-corrected chi connectivity index (χ0v) is 16.2. The third-order valence-electron chi connectivity index (χ3n) is 3.84. The smallest absolute Gasteiger partial charge is 0.422 e. The summed E-state index contributed by atoms with van der Waals surface area (Å²) in [5.74, 6) is 0.149. The van der Waals surface area contributed by atoms with E-state index in [1.165, 1.54) is 35.0 Å². The Hall–Kier alpha value is -2.26. The molecule has 0 radical (unpaired) electrons. The van der Waals surface area contributed by atoms with Gasteiger partial charge in [0.05, 0.1) is 11.3 Å². The molecule has 28 heavy (non-hydrogen) atoms. The summed E-state index contributed by atoms with van der Waals surface area (Å²) in [6.45, 7) is 0.872. The zero-order valence-electron chi connectivity index (χ0n) is 14.7. The lowest BCUT2D eigenvalue weighted by Gasteiger charge is -2.16. The molecule has 2 heterocycles. The third kappa shape index (κ3) is 4.96. The summed E-state index contributed by atoms with van der Waals surface area (Å²) >= 11 is 7.55. The Morgan fingerprint density at radius 3 is 2.82 bits per heavy atom. The molecule has 10 heteroatoms. The SMILES string of the molecule is Cc1c(Cl)cccc1N=C1SCCN1C(=O)c1ccc(OCC(F)(F)F)nc1. The number of thioether (sulfide) groups is 1. The van der Waals surface area contributed by atoms with Gasteiger partial charge in [0, 0.05) is 29.6 Å². The van der Waals surface area contributed by atoms with Crippen LogP contribution in [0.3, 0.4) is 0 Å². The van der Waals surface area contributed by atoms with E-state index < -0.39 is 12.8 Å². The molecule has 0 aliphatic carbocycles. The standard InChI is InChI=1S/C18H15ClF3N3O2S/c1-11-13(19)3-2-4-14(11)24-17-25(7-8-28-17)16(26)12-5-6-15(23-9-12)27-10-18(20,21)22/h2-6,9H,7-8,10H2,1H3. The molecule has 3 rings (SSSR count). The molecule has 0 saturated carbocycles. The van der Waals surface area contributed by atoms with E-state index in [1.54, 1.807) is 12.1 Å². The highest BCUT2D eigenvalue weighted by atomic mass is 35.5. The van der Waals surface area contributed by atoms with Crippen LogP contribution in [0, 0.1) is 6.92 Å². The maximum absolute atomic E-state index is 12.8. The normalized spacial score (nSPS) is 15.9. The first kappa shape index (κ1) is 20.5. The van der Waals surface area contributed by atoms with Crippen molar-refractivity contribution in [3.8, 4) is 5.88 Å². The lowest BCUT2D eigenvalue weighted by Crippen LogP contribution is -2.31. The van der Waals surface area contributed by atoms with Gasteiger partial charge in [-0.15, -0.1) is 0 Å². The van der Waals surface area contributed by atoms with Crippen LogP contribution in [-0.4, -0.2) is 46.0 Å². The van der Waals surface area contributed by atoms with Gasteiger partial charge in [-0.1, -0.05) is 29.4 Å². The van der Waals surface area contributed by atoms with Crippen molar-refractivity contribution in [1.29, 1.82) is 0 Å². The third-order valence-corrected chi connectivity index (χ3v) is 5.21. The number of carbonyl (C=O) groups excluding carboxylic acids is 1. The fourth-order valence-electron chi connectivity index (χ4n) is 2.41. The fourth-order valence-corrected chi connectivity index (χ4v) is 3.53. The molecule has 0 bridgehead atoms. The highest BCUT2D eigenvalue weighted by molar-refractivity contribution is 8.14. The summed E-state index contributed by atoms with van der Waals surface area (Å²) in [7, 11) is 0. The minimum Gasteiger partial charge on any atom is -0.468 e. The number of aliphatic imine (C=N–C) groups is 1. The quantitative estimate of drug-likeness (QED) is 0.696. The van der Waals surface area contributed by atoms with Crippen molar-refractivity contribution >= 4 is 40.1 Å². The van der Waals surface area contributed by atoms with E-state index in [0.717, 1.165) is 5.56 Å². The van der Waals surface area contributed by atoms with E-state index in [9.17, 15) is 18.0 Å². The number of carbonyl (C=O) groups is 1. The van der Waals surface area contributed by atoms with Crippen molar-refractivity contribution in [3.63, 3.8) is 0 Å². The topological polar surface area (TPSA) is 54.8 Å². The molecule has 1 aromatic carbocycles. The van der Waals surface area contributed by atoms with E-state index in [1.807, 2.05) is 13.0 Å². The number of pyridine rings is 1. The molecule has 1 aliphatic rings. The number of rotatable bonds is 4. The van der Waals surface area contributed by atoms with Crippen LogP contribution in [0.2, 0.25) is 5.02 Å². The average molecular weight is 430 g/mol. The van der Waals surface area contributed by atoms with Crippen molar-refractivity contribution in [2.45, 2.75) is 13.1 Å². The van der Waals surface area contributed by atoms with E-state index >= 15 is 0 Å². The molecule has 0 atom stereocenters. The van der Waals surface area contributed by atoms with E-state index in [-0.39, 0.29) is 17.4 Å². The molecule has 1 aromatic heterocycles. The number of nitrogens with zero attached hydrogens (tertiary/aromatic N) is 3. The Bertz CT molecular complexity index is 904. The summed E-state index contributed by atoms with van der Waals surface area (Å²) in [6.07, 6.45) is -3.26. The van der Waals surface area contributed by atoms with Crippen molar-refractivity contribution in [2.24, 2.45) is 4.99 Å². The van der Waals surface area contributed by atoms with E-state index in [4.69, 9.17) is 11.6 Å². The monoisotopic (exact) mass is 429 g/mol. The van der Waals surface area contributed by atoms with Gasteiger partial charge in [-0.3, -0.25) is 9.69 Å². The minimum atomic E-state index is -4.45. The van der Waals surface area contributed by atoms with Gasteiger partial charge in [0.25, 0.3) is 5.91 Å². The Balaban J connectivity index is 1.76. The van der Waals surface area contributed by atoms with Crippen LogP contribution in [0.15, 0.2) is 41.5 Å². The van der Waals surface area contributed by atoms with Gasteiger partial charge >= 0.3 is 6.18 Å². The summed E-state index contributed by atoms with van der Waals surface area (Å²) in [5.41, 5.74) is 1.71. The molecular weight excluding hydrogens is 415 g/mol. The molecule has 1 amide bonds. The number of amides is 1. The van der Waals surface area contributed by atoms with Crippen LogP contribution in [0.5, 0.6) is 5.88 Å². The molecule has 1 saturated heterocycles. The number of alkyl halides is 3. The van der Waals surface area contributed by atoms with Gasteiger partial charge < -0.3 is 4.74 Å². The second kappa shape index (κ2) is 8.40. The molecule has 1 fully saturated rings. The van der Waals surface area contributed by atoms with Crippen LogP contribution >= 0.6 is 23.4 Å². The first-order valence-electron chi connectivity index (χ1n) is 8.19. The number of hydrogen-bond acceptors (Lipinski definition) is 5. The zero-order chi connectivity index (χ0) is 20.3. The Labute approximate surface area is 168 Å². The molecular formula is C18H15ClF3N3O2S. The number of amidine groups is 1.